The minimum absolute atomic E-state index is 0.0231. The molecule has 3 heteroatoms. The van der Waals surface area contributed by atoms with Crippen molar-refractivity contribution >= 4 is 6.29 Å². The first-order valence-electron chi connectivity index (χ1n) is 4.05. The van der Waals surface area contributed by atoms with E-state index in [1.54, 1.807) is 0 Å². The molecule has 0 aliphatic carbocycles. The number of ether oxygens (including phenoxy) is 2. The number of hydrogen-bond acceptors (Lipinski definition) is 3. The fraction of sp³-hybridized carbons (Fsp3) is 0.667. The molecule has 0 amide bonds. The molecule has 0 N–H and O–H groups in total. The van der Waals surface area contributed by atoms with Crippen LogP contribution in [0.2, 0.25) is 0 Å². The predicted octanol–water partition coefficient (Wildman–Crippen LogP) is 1.88. The first-order valence-corrected chi connectivity index (χ1v) is 4.05. The van der Waals surface area contributed by atoms with Gasteiger partial charge in [0.2, 0.25) is 0 Å². The number of carbonyl (C=O) groups is 1. The Bertz CT molecular complexity index is 147. The van der Waals surface area contributed by atoms with Gasteiger partial charge in [0.05, 0.1) is 18.3 Å². The van der Waals surface area contributed by atoms with E-state index in [1.807, 2.05) is 27.7 Å². The first-order chi connectivity index (χ1) is 5.56. The summed E-state index contributed by atoms with van der Waals surface area (Å²) < 4.78 is 10.4. The molecule has 0 aliphatic rings. The Balaban J connectivity index is 4.05. The fourth-order valence-electron chi connectivity index (χ4n) is 0.627. The van der Waals surface area contributed by atoms with E-state index in [0.717, 1.165) is 0 Å². The van der Waals surface area contributed by atoms with Crippen LogP contribution in [0.25, 0.3) is 0 Å². The van der Waals surface area contributed by atoms with Crippen LogP contribution < -0.4 is 0 Å². The van der Waals surface area contributed by atoms with Crippen molar-refractivity contribution in [2.75, 3.05) is 0 Å². The van der Waals surface area contributed by atoms with Gasteiger partial charge in [-0.25, -0.2) is 0 Å². The van der Waals surface area contributed by atoms with Crippen LogP contribution in [-0.2, 0) is 14.3 Å². The standard InChI is InChI=1S/C9H16O3/c1-7(2)11-9(5-6-10)12-8(3)4/h5-8H,1-4H3. The Morgan fingerprint density at radius 2 is 1.50 bits per heavy atom. The van der Waals surface area contributed by atoms with Crippen LogP contribution in [0.1, 0.15) is 27.7 Å². The zero-order chi connectivity index (χ0) is 9.56. The van der Waals surface area contributed by atoms with E-state index >= 15 is 0 Å². The summed E-state index contributed by atoms with van der Waals surface area (Å²) in [5.41, 5.74) is 0. The highest BCUT2D eigenvalue weighted by molar-refractivity contribution is 5.64. The molecule has 70 valence electrons. The van der Waals surface area contributed by atoms with Gasteiger partial charge >= 0.3 is 0 Å². The number of allylic oxidation sites excluding steroid dienone is 1. The van der Waals surface area contributed by atoms with E-state index in [1.165, 1.54) is 6.08 Å². The quantitative estimate of drug-likeness (QED) is 0.361. The summed E-state index contributed by atoms with van der Waals surface area (Å²) >= 11 is 0. The molecule has 3 nitrogen and oxygen atoms in total. The molecule has 0 bridgehead atoms. The highest BCUT2D eigenvalue weighted by Crippen LogP contribution is 2.06. The lowest BCUT2D eigenvalue weighted by atomic mass is 10.4. The molecule has 0 atom stereocenters. The van der Waals surface area contributed by atoms with E-state index in [-0.39, 0.29) is 18.2 Å². The van der Waals surface area contributed by atoms with E-state index in [4.69, 9.17) is 9.47 Å². The maximum atomic E-state index is 10.1. The molecule has 0 radical (unpaired) electrons. The van der Waals surface area contributed by atoms with Crippen molar-refractivity contribution in [1.29, 1.82) is 0 Å². The average molecular weight is 172 g/mol. The third-order valence-corrected chi connectivity index (χ3v) is 0.908. The second kappa shape index (κ2) is 5.63. The summed E-state index contributed by atoms with van der Waals surface area (Å²) in [7, 11) is 0. The third-order valence-electron chi connectivity index (χ3n) is 0.908. The number of hydrogen-bond donors (Lipinski definition) is 0. The zero-order valence-electron chi connectivity index (χ0n) is 8.03. The molecule has 0 rings (SSSR count). The molecule has 0 saturated carbocycles. The van der Waals surface area contributed by atoms with Crippen molar-refractivity contribution in [2.45, 2.75) is 39.9 Å². The van der Waals surface area contributed by atoms with Gasteiger partial charge in [-0.2, -0.15) is 0 Å². The number of aldehydes is 1. The van der Waals surface area contributed by atoms with Crippen LogP contribution in [-0.4, -0.2) is 18.5 Å². The maximum absolute atomic E-state index is 10.1. The van der Waals surface area contributed by atoms with Gasteiger partial charge in [-0.3, -0.25) is 4.79 Å². The van der Waals surface area contributed by atoms with E-state index in [0.29, 0.717) is 6.29 Å². The van der Waals surface area contributed by atoms with Gasteiger partial charge in [0.1, 0.15) is 6.29 Å². The Kier molecular flexibility index (Phi) is 5.17. The van der Waals surface area contributed by atoms with Gasteiger partial charge in [-0.15, -0.1) is 0 Å². The Hall–Kier alpha value is -0.990. The lowest BCUT2D eigenvalue weighted by Crippen LogP contribution is -2.10. The predicted molar refractivity (Wildman–Crippen MR) is 46.6 cm³/mol. The van der Waals surface area contributed by atoms with E-state index in [9.17, 15) is 4.79 Å². The monoisotopic (exact) mass is 172 g/mol. The topological polar surface area (TPSA) is 35.5 Å². The Labute approximate surface area is 73.4 Å². The lowest BCUT2D eigenvalue weighted by Gasteiger charge is -2.15. The number of carbonyl (C=O) groups excluding carboxylic acids is 1. The van der Waals surface area contributed by atoms with Crippen LogP contribution >= 0.6 is 0 Å². The van der Waals surface area contributed by atoms with Gasteiger partial charge in [0.15, 0.2) is 0 Å². The molecule has 0 aromatic carbocycles. The molecular formula is C9H16O3. The smallest absolute Gasteiger partial charge is 0.282 e. The molecule has 0 aliphatic heterocycles. The molecule has 0 unspecified atom stereocenters. The molecule has 0 aromatic rings. The molecule has 0 aromatic heterocycles. The highest BCUT2D eigenvalue weighted by Gasteiger charge is 2.04. The summed E-state index contributed by atoms with van der Waals surface area (Å²) in [6.07, 6.45) is 1.98. The highest BCUT2D eigenvalue weighted by atomic mass is 16.7. The van der Waals surface area contributed by atoms with Gasteiger partial charge in [0, 0.05) is 0 Å². The third kappa shape index (κ3) is 5.77. The molecule has 0 heterocycles. The van der Waals surface area contributed by atoms with Crippen LogP contribution in [0, 0.1) is 0 Å². The SMILES string of the molecule is CC(C)OC(=CC=O)OC(C)C. The van der Waals surface area contributed by atoms with Crippen LogP contribution in [0.4, 0.5) is 0 Å². The average Bonchev–Trinajstić information content (AvgIpc) is 1.84. The van der Waals surface area contributed by atoms with E-state index < -0.39 is 0 Å². The van der Waals surface area contributed by atoms with Crippen molar-refractivity contribution in [3.05, 3.63) is 12.0 Å². The second-order valence-electron chi connectivity index (χ2n) is 2.95. The van der Waals surface area contributed by atoms with Crippen LogP contribution in [0.5, 0.6) is 0 Å². The molecule has 0 saturated heterocycles. The molecule has 12 heavy (non-hydrogen) atoms. The van der Waals surface area contributed by atoms with Crippen LogP contribution in [0.15, 0.2) is 12.0 Å². The molecular weight excluding hydrogens is 156 g/mol. The van der Waals surface area contributed by atoms with Crippen LogP contribution in [0.3, 0.4) is 0 Å². The summed E-state index contributed by atoms with van der Waals surface area (Å²) in [6, 6.07) is 0. The van der Waals surface area contributed by atoms with Gasteiger partial charge in [-0.1, -0.05) is 0 Å². The minimum atomic E-state index is 0.0231. The maximum Gasteiger partial charge on any atom is 0.282 e. The van der Waals surface area contributed by atoms with Crippen molar-refractivity contribution in [1.82, 2.24) is 0 Å². The summed E-state index contributed by atoms with van der Waals surface area (Å²) in [4.78, 5) is 10.1. The Morgan fingerprint density at radius 1 is 1.08 bits per heavy atom. The normalized spacial score (nSPS) is 9.83. The largest absolute Gasteiger partial charge is 0.463 e. The summed E-state index contributed by atoms with van der Waals surface area (Å²) in [5.74, 6) is 0.287. The van der Waals surface area contributed by atoms with Crippen molar-refractivity contribution in [2.24, 2.45) is 0 Å². The first kappa shape index (κ1) is 11.0. The van der Waals surface area contributed by atoms with Crippen molar-refractivity contribution < 1.29 is 14.3 Å². The summed E-state index contributed by atoms with van der Waals surface area (Å²) in [6.45, 7) is 7.51. The van der Waals surface area contributed by atoms with Gasteiger partial charge < -0.3 is 9.47 Å². The summed E-state index contributed by atoms with van der Waals surface area (Å²) in [5, 5.41) is 0. The second-order valence-corrected chi connectivity index (χ2v) is 2.95. The van der Waals surface area contributed by atoms with E-state index in [2.05, 4.69) is 0 Å². The molecule has 0 spiro atoms. The number of rotatable bonds is 5. The molecule has 0 fully saturated rings. The fourth-order valence-corrected chi connectivity index (χ4v) is 0.627. The van der Waals surface area contributed by atoms with Gasteiger partial charge in [-0.05, 0) is 27.7 Å². The van der Waals surface area contributed by atoms with Crippen molar-refractivity contribution in [3.63, 3.8) is 0 Å². The minimum Gasteiger partial charge on any atom is -0.463 e. The Morgan fingerprint density at radius 3 is 1.75 bits per heavy atom. The lowest BCUT2D eigenvalue weighted by molar-refractivity contribution is -0.104. The van der Waals surface area contributed by atoms with Crippen molar-refractivity contribution in [3.8, 4) is 0 Å². The zero-order valence-corrected chi connectivity index (χ0v) is 8.03. The van der Waals surface area contributed by atoms with Gasteiger partial charge in [0.25, 0.3) is 5.95 Å².